The smallest absolute Gasteiger partial charge is 0.213 e. The maximum absolute atomic E-state index is 5.23. The molecule has 1 aliphatic rings. The maximum atomic E-state index is 5.23. The highest BCUT2D eigenvalue weighted by atomic mass is 16.5. The molecule has 0 radical (unpaired) electrons. The van der Waals surface area contributed by atoms with Gasteiger partial charge in [-0.3, -0.25) is 4.90 Å². The third-order valence-electron chi connectivity index (χ3n) is 5.06. The van der Waals surface area contributed by atoms with Crippen LogP contribution >= 0.6 is 0 Å². The van der Waals surface area contributed by atoms with Crippen LogP contribution in [-0.4, -0.2) is 57.2 Å². The van der Waals surface area contributed by atoms with Crippen LogP contribution < -0.4 is 9.64 Å². The molecular weight excluding hydrogens is 328 g/mol. The SMILES string of the molecule is COc1cccc(CN2CCN(c3ncnc4c3ccn4C)CC2C)n1. The zero-order valence-electron chi connectivity index (χ0n) is 15.5. The molecule has 1 atom stereocenters. The summed E-state index contributed by atoms with van der Waals surface area (Å²) in [5.74, 6) is 1.70. The summed E-state index contributed by atoms with van der Waals surface area (Å²) in [7, 11) is 3.67. The molecule has 3 aromatic rings. The van der Waals surface area contributed by atoms with Gasteiger partial charge in [0, 0.05) is 51.5 Å². The van der Waals surface area contributed by atoms with E-state index in [0.717, 1.165) is 48.7 Å². The van der Waals surface area contributed by atoms with Crippen LogP contribution in [0.3, 0.4) is 0 Å². The van der Waals surface area contributed by atoms with Gasteiger partial charge in [0.2, 0.25) is 5.88 Å². The van der Waals surface area contributed by atoms with Crippen molar-refractivity contribution in [1.82, 2.24) is 24.4 Å². The first-order valence-corrected chi connectivity index (χ1v) is 8.90. The van der Waals surface area contributed by atoms with Crippen LogP contribution in [0, 0.1) is 0 Å². The molecule has 0 saturated carbocycles. The second kappa shape index (κ2) is 6.92. The fraction of sp³-hybridized carbons (Fsp3) is 0.421. The molecule has 3 aromatic heterocycles. The van der Waals surface area contributed by atoms with E-state index in [1.807, 2.05) is 29.9 Å². The van der Waals surface area contributed by atoms with Gasteiger partial charge in [0.15, 0.2) is 0 Å². The second-order valence-electron chi connectivity index (χ2n) is 6.80. The number of piperazine rings is 1. The van der Waals surface area contributed by atoms with Gasteiger partial charge in [0.25, 0.3) is 0 Å². The number of hydrogen-bond acceptors (Lipinski definition) is 6. The number of hydrogen-bond donors (Lipinski definition) is 0. The summed E-state index contributed by atoms with van der Waals surface area (Å²) in [4.78, 5) is 18.3. The fourth-order valence-corrected chi connectivity index (χ4v) is 3.61. The lowest BCUT2D eigenvalue weighted by Gasteiger charge is -2.40. The Morgan fingerprint density at radius 3 is 2.88 bits per heavy atom. The van der Waals surface area contributed by atoms with Gasteiger partial charge in [0.05, 0.1) is 18.2 Å². The summed E-state index contributed by atoms with van der Waals surface area (Å²) in [6.45, 7) is 5.94. The summed E-state index contributed by atoms with van der Waals surface area (Å²) >= 11 is 0. The largest absolute Gasteiger partial charge is 0.481 e. The van der Waals surface area contributed by atoms with Gasteiger partial charge in [-0.05, 0) is 19.1 Å². The third-order valence-corrected chi connectivity index (χ3v) is 5.06. The normalized spacial score (nSPS) is 18.4. The van der Waals surface area contributed by atoms with Crippen molar-refractivity contribution in [3.8, 4) is 5.88 Å². The first-order valence-electron chi connectivity index (χ1n) is 8.90. The Balaban J connectivity index is 1.49. The predicted octanol–water partition coefficient (Wildman–Crippen LogP) is 2.08. The van der Waals surface area contributed by atoms with Crippen LogP contribution in [0.4, 0.5) is 5.82 Å². The van der Waals surface area contributed by atoms with Gasteiger partial charge in [-0.15, -0.1) is 0 Å². The minimum atomic E-state index is 0.408. The van der Waals surface area contributed by atoms with Gasteiger partial charge < -0.3 is 14.2 Å². The minimum absolute atomic E-state index is 0.408. The summed E-state index contributed by atoms with van der Waals surface area (Å²) in [5.41, 5.74) is 2.02. The average Bonchev–Trinajstić information content (AvgIpc) is 3.05. The number of aryl methyl sites for hydroxylation is 1. The Labute approximate surface area is 153 Å². The number of rotatable bonds is 4. The molecule has 1 aliphatic heterocycles. The lowest BCUT2D eigenvalue weighted by atomic mass is 10.1. The Morgan fingerprint density at radius 1 is 1.19 bits per heavy atom. The highest BCUT2D eigenvalue weighted by Gasteiger charge is 2.26. The van der Waals surface area contributed by atoms with Gasteiger partial charge in [0.1, 0.15) is 17.8 Å². The Bertz CT molecular complexity index is 908. The number of methoxy groups -OCH3 is 1. The van der Waals surface area contributed by atoms with Gasteiger partial charge in [-0.1, -0.05) is 6.07 Å². The van der Waals surface area contributed by atoms with Gasteiger partial charge in [-0.2, -0.15) is 0 Å². The van der Waals surface area contributed by atoms with E-state index in [2.05, 4.69) is 43.8 Å². The van der Waals surface area contributed by atoms with E-state index >= 15 is 0 Å². The average molecular weight is 352 g/mol. The molecule has 0 aromatic carbocycles. The van der Waals surface area contributed by atoms with E-state index in [9.17, 15) is 0 Å². The lowest BCUT2D eigenvalue weighted by molar-refractivity contribution is 0.178. The van der Waals surface area contributed by atoms with E-state index in [0.29, 0.717) is 11.9 Å². The quantitative estimate of drug-likeness (QED) is 0.717. The van der Waals surface area contributed by atoms with E-state index in [1.54, 1.807) is 13.4 Å². The molecule has 0 bridgehead atoms. The molecule has 136 valence electrons. The molecule has 0 amide bonds. The second-order valence-corrected chi connectivity index (χ2v) is 6.80. The van der Waals surface area contributed by atoms with E-state index in [-0.39, 0.29) is 0 Å². The number of anilines is 1. The highest BCUT2D eigenvalue weighted by molar-refractivity contribution is 5.87. The third kappa shape index (κ3) is 3.10. The monoisotopic (exact) mass is 352 g/mol. The molecule has 7 heteroatoms. The standard InChI is InChI=1S/C19H24N6O/c1-14-11-25(19-16-7-8-23(2)18(16)20-13-21-19)10-9-24(14)12-15-5-4-6-17(22-15)26-3/h4-8,13-14H,9-12H2,1-3H3. The van der Waals surface area contributed by atoms with Gasteiger partial charge in [-0.25, -0.2) is 15.0 Å². The summed E-state index contributed by atoms with van der Waals surface area (Å²) in [6.07, 6.45) is 3.70. The molecule has 1 fully saturated rings. The maximum Gasteiger partial charge on any atom is 0.213 e. The highest BCUT2D eigenvalue weighted by Crippen LogP contribution is 2.26. The summed E-state index contributed by atoms with van der Waals surface area (Å²) < 4.78 is 7.27. The lowest BCUT2D eigenvalue weighted by Crippen LogP contribution is -2.51. The molecule has 1 saturated heterocycles. The van der Waals surface area contributed by atoms with Crippen molar-refractivity contribution < 1.29 is 4.74 Å². The van der Waals surface area contributed by atoms with Crippen molar-refractivity contribution in [3.05, 3.63) is 42.5 Å². The first-order chi connectivity index (χ1) is 12.7. The van der Waals surface area contributed by atoms with Crippen molar-refractivity contribution in [2.45, 2.75) is 19.5 Å². The van der Waals surface area contributed by atoms with Crippen LogP contribution in [0.2, 0.25) is 0 Å². The van der Waals surface area contributed by atoms with Crippen LogP contribution in [0.1, 0.15) is 12.6 Å². The van der Waals surface area contributed by atoms with Crippen LogP contribution in [0.15, 0.2) is 36.8 Å². The van der Waals surface area contributed by atoms with Gasteiger partial charge >= 0.3 is 0 Å². The van der Waals surface area contributed by atoms with E-state index in [4.69, 9.17) is 4.74 Å². The van der Waals surface area contributed by atoms with Crippen LogP contribution in [-0.2, 0) is 13.6 Å². The fourth-order valence-electron chi connectivity index (χ4n) is 3.61. The number of fused-ring (bicyclic) bond motifs is 1. The molecular formula is C19H24N6O. The number of aromatic nitrogens is 4. The molecule has 0 aliphatic carbocycles. The van der Waals surface area contributed by atoms with Crippen molar-refractivity contribution in [2.24, 2.45) is 7.05 Å². The van der Waals surface area contributed by atoms with Crippen LogP contribution in [0.5, 0.6) is 5.88 Å². The molecule has 7 nitrogen and oxygen atoms in total. The van der Waals surface area contributed by atoms with Crippen LogP contribution in [0.25, 0.3) is 11.0 Å². The topological polar surface area (TPSA) is 59.3 Å². The number of pyridine rings is 1. The van der Waals surface area contributed by atoms with Crippen molar-refractivity contribution in [3.63, 3.8) is 0 Å². The Kier molecular flexibility index (Phi) is 4.46. The van der Waals surface area contributed by atoms with E-state index < -0.39 is 0 Å². The first kappa shape index (κ1) is 16.8. The van der Waals surface area contributed by atoms with Crippen molar-refractivity contribution in [1.29, 1.82) is 0 Å². The molecule has 1 unspecified atom stereocenters. The predicted molar refractivity (Wildman–Crippen MR) is 101 cm³/mol. The minimum Gasteiger partial charge on any atom is -0.481 e. The van der Waals surface area contributed by atoms with Crippen molar-refractivity contribution in [2.75, 3.05) is 31.6 Å². The number of nitrogens with zero attached hydrogens (tertiary/aromatic N) is 6. The molecule has 4 rings (SSSR count). The zero-order valence-corrected chi connectivity index (χ0v) is 15.5. The molecule has 0 spiro atoms. The molecule has 26 heavy (non-hydrogen) atoms. The Hall–Kier alpha value is -2.67. The number of ether oxygens (including phenoxy) is 1. The summed E-state index contributed by atoms with van der Waals surface area (Å²) in [6, 6.07) is 8.44. The van der Waals surface area contributed by atoms with Crippen molar-refractivity contribution >= 4 is 16.9 Å². The molecule has 0 N–H and O–H groups in total. The summed E-state index contributed by atoms with van der Waals surface area (Å²) in [5, 5.41) is 1.12. The zero-order chi connectivity index (χ0) is 18.1. The Morgan fingerprint density at radius 2 is 2.08 bits per heavy atom. The molecule has 4 heterocycles. The van der Waals surface area contributed by atoms with E-state index in [1.165, 1.54) is 0 Å².